The second-order valence-electron chi connectivity index (χ2n) is 12.1. The van der Waals surface area contributed by atoms with E-state index in [0.29, 0.717) is 0 Å². The number of aryl methyl sites for hydroxylation is 1. The van der Waals surface area contributed by atoms with Crippen LogP contribution in [0.5, 0.6) is 0 Å². The third kappa shape index (κ3) is 4.00. The van der Waals surface area contributed by atoms with E-state index in [1.165, 1.54) is 92.8 Å². The highest BCUT2D eigenvalue weighted by Crippen LogP contribution is 2.47. The number of hydrogen-bond acceptors (Lipinski definition) is 0. The Hall–Kier alpha value is -5.72. The van der Waals surface area contributed by atoms with Crippen LogP contribution in [0.3, 0.4) is 0 Å². The van der Waals surface area contributed by atoms with Gasteiger partial charge < -0.3 is 0 Å². The fourth-order valence-electron chi connectivity index (χ4n) is 7.54. The van der Waals surface area contributed by atoms with Gasteiger partial charge in [-0.2, -0.15) is 0 Å². The Morgan fingerprint density at radius 1 is 0.289 bits per heavy atom. The van der Waals surface area contributed by atoms with Gasteiger partial charge in [0.25, 0.3) is 0 Å². The molecular weight excluding hydrogens is 540 g/mol. The molecular formula is C45H30. The molecule has 0 aromatic heterocycles. The molecule has 0 heteroatoms. The lowest BCUT2D eigenvalue weighted by atomic mass is 9.83. The molecule has 0 saturated carbocycles. The largest absolute Gasteiger partial charge is 0.0622 e. The molecule has 0 spiro atoms. The van der Waals surface area contributed by atoms with Gasteiger partial charge in [-0.15, -0.1) is 0 Å². The quantitative estimate of drug-likeness (QED) is 0.146. The maximum atomic E-state index is 2.40. The van der Waals surface area contributed by atoms with Crippen molar-refractivity contribution in [1.29, 1.82) is 0 Å². The van der Waals surface area contributed by atoms with Crippen molar-refractivity contribution in [3.8, 4) is 33.4 Å². The van der Waals surface area contributed by atoms with Gasteiger partial charge >= 0.3 is 0 Å². The first kappa shape index (κ1) is 25.7. The molecule has 0 amide bonds. The summed E-state index contributed by atoms with van der Waals surface area (Å²) in [4.78, 5) is 0. The zero-order chi connectivity index (χ0) is 29.9. The smallest absolute Gasteiger partial charge is 0.00201 e. The van der Waals surface area contributed by atoms with Crippen LogP contribution >= 0.6 is 0 Å². The first-order valence-corrected chi connectivity index (χ1v) is 15.7. The van der Waals surface area contributed by atoms with E-state index in [-0.39, 0.29) is 0 Å². The molecule has 0 saturated heterocycles. The summed E-state index contributed by atoms with van der Waals surface area (Å²) in [6, 6.07) is 60.3. The van der Waals surface area contributed by atoms with Crippen LogP contribution in [0.15, 0.2) is 164 Å². The van der Waals surface area contributed by atoms with E-state index in [0.717, 1.165) is 0 Å². The number of hydrogen-bond donors (Lipinski definition) is 0. The van der Waals surface area contributed by atoms with Gasteiger partial charge in [0, 0.05) is 0 Å². The molecule has 45 heavy (non-hydrogen) atoms. The Morgan fingerprint density at radius 2 is 0.867 bits per heavy atom. The van der Waals surface area contributed by atoms with Crippen molar-refractivity contribution < 1.29 is 0 Å². The van der Waals surface area contributed by atoms with Gasteiger partial charge in [0.1, 0.15) is 0 Å². The van der Waals surface area contributed by atoms with Gasteiger partial charge in [0.05, 0.1) is 0 Å². The molecule has 0 heterocycles. The molecule has 0 fully saturated rings. The first-order chi connectivity index (χ1) is 22.3. The van der Waals surface area contributed by atoms with Gasteiger partial charge in [-0.3, -0.25) is 0 Å². The zero-order valence-corrected chi connectivity index (χ0v) is 25.1. The second-order valence-corrected chi connectivity index (χ2v) is 12.1. The summed E-state index contributed by atoms with van der Waals surface area (Å²) < 4.78 is 0. The van der Waals surface area contributed by atoms with Gasteiger partial charge in [-0.25, -0.2) is 0 Å². The lowest BCUT2D eigenvalue weighted by Gasteiger charge is -2.20. The van der Waals surface area contributed by atoms with Crippen molar-refractivity contribution >= 4 is 53.9 Å². The van der Waals surface area contributed by atoms with E-state index in [2.05, 4.69) is 171 Å². The van der Waals surface area contributed by atoms with E-state index >= 15 is 0 Å². The van der Waals surface area contributed by atoms with E-state index in [1.54, 1.807) is 0 Å². The highest BCUT2D eigenvalue weighted by molar-refractivity contribution is 6.25. The standard InChI is InChI=1S/C45H30/c1-29-34-18-9-8-17-33(34)28-42-35(29)25-26-37-36(42)21-12-22-38(37)45-40-20-11-10-19-39(40)44(31-15-6-3-7-16-31)43-27-32(23-24-41(43)45)30-13-4-2-5-14-30/h2-28H,1H3. The van der Waals surface area contributed by atoms with E-state index in [4.69, 9.17) is 0 Å². The monoisotopic (exact) mass is 570 g/mol. The van der Waals surface area contributed by atoms with E-state index in [1.807, 2.05) is 0 Å². The summed E-state index contributed by atoms with van der Waals surface area (Å²) in [5.41, 5.74) is 8.89. The molecule has 0 bridgehead atoms. The van der Waals surface area contributed by atoms with Crippen molar-refractivity contribution in [1.82, 2.24) is 0 Å². The molecule has 0 nitrogen and oxygen atoms in total. The molecule has 0 radical (unpaired) electrons. The predicted octanol–water partition coefficient (Wildman–Crippen LogP) is 12.8. The Labute approximate surface area is 262 Å². The highest BCUT2D eigenvalue weighted by Gasteiger charge is 2.19. The van der Waals surface area contributed by atoms with Crippen molar-refractivity contribution in [3.63, 3.8) is 0 Å². The minimum absolute atomic E-state index is 1.23. The lowest BCUT2D eigenvalue weighted by molar-refractivity contribution is 1.59. The average molecular weight is 571 g/mol. The molecule has 0 aliphatic heterocycles. The summed E-state index contributed by atoms with van der Waals surface area (Å²) in [5.74, 6) is 0. The molecule has 0 unspecified atom stereocenters. The lowest BCUT2D eigenvalue weighted by Crippen LogP contribution is -1.93. The minimum atomic E-state index is 1.23. The molecule has 9 rings (SSSR count). The summed E-state index contributed by atoms with van der Waals surface area (Å²) >= 11 is 0. The summed E-state index contributed by atoms with van der Waals surface area (Å²) in [5, 5.41) is 12.9. The van der Waals surface area contributed by atoms with E-state index in [9.17, 15) is 0 Å². The van der Waals surface area contributed by atoms with Crippen LogP contribution in [-0.4, -0.2) is 0 Å². The maximum absolute atomic E-state index is 2.40. The number of rotatable bonds is 3. The highest BCUT2D eigenvalue weighted by atomic mass is 14.2. The Bertz CT molecular complexity index is 2570. The minimum Gasteiger partial charge on any atom is -0.0622 e. The fraction of sp³-hybridized carbons (Fsp3) is 0.0222. The molecule has 9 aromatic rings. The fourth-order valence-corrected chi connectivity index (χ4v) is 7.54. The summed E-state index contributed by atoms with van der Waals surface area (Å²) in [6.07, 6.45) is 0. The second kappa shape index (κ2) is 10.2. The van der Waals surface area contributed by atoms with Gasteiger partial charge in [-0.05, 0) is 112 Å². The van der Waals surface area contributed by atoms with Crippen LogP contribution < -0.4 is 0 Å². The predicted molar refractivity (Wildman–Crippen MR) is 195 cm³/mol. The molecule has 0 N–H and O–H groups in total. The van der Waals surface area contributed by atoms with Crippen molar-refractivity contribution in [2.45, 2.75) is 6.92 Å². The van der Waals surface area contributed by atoms with Gasteiger partial charge in [-0.1, -0.05) is 152 Å². The van der Waals surface area contributed by atoms with Crippen molar-refractivity contribution in [3.05, 3.63) is 169 Å². The Morgan fingerprint density at radius 3 is 1.64 bits per heavy atom. The Kier molecular flexibility index (Phi) is 5.83. The van der Waals surface area contributed by atoms with Crippen LogP contribution in [0.4, 0.5) is 0 Å². The van der Waals surface area contributed by atoms with Crippen LogP contribution in [0, 0.1) is 6.92 Å². The third-order valence-electron chi connectivity index (χ3n) is 9.63. The van der Waals surface area contributed by atoms with Crippen LogP contribution in [0.25, 0.3) is 87.2 Å². The average Bonchev–Trinajstić information content (AvgIpc) is 3.11. The van der Waals surface area contributed by atoms with E-state index < -0.39 is 0 Å². The van der Waals surface area contributed by atoms with Gasteiger partial charge in [0.15, 0.2) is 0 Å². The summed E-state index contributed by atoms with van der Waals surface area (Å²) in [6.45, 7) is 2.26. The molecule has 210 valence electrons. The SMILES string of the molecule is Cc1c2ccccc2cc2c1ccc1c(-c3c4ccccc4c(-c4ccccc4)c4cc(-c5ccccc5)ccc34)cccc12. The molecule has 0 atom stereocenters. The van der Waals surface area contributed by atoms with Gasteiger partial charge in [0.2, 0.25) is 0 Å². The van der Waals surface area contributed by atoms with Crippen LogP contribution in [0.2, 0.25) is 0 Å². The molecule has 0 aliphatic rings. The Balaban J connectivity index is 1.43. The number of fused-ring (bicyclic) bond motifs is 6. The first-order valence-electron chi connectivity index (χ1n) is 15.7. The topological polar surface area (TPSA) is 0 Å². The van der Waals surface area contributed by atoms with Crippen LogP contribution in [-0.2, 0) is 0 Å². The van der Waals surface area contributed by atoms with Crippen molar-refractivity contribution in [2.24, 2.45) is 0 Å². The van der Waals surface area contributed by atoms with Crippen molar-refractivity contribution in [2.75, 3.05) is 0 Å². The van der Waals surface area contributed by atoms with Crippen LogP contribution in [0.1, 0.15) is 5.56 Å². The summed E-state index contributed by atoms with van der Waals surface area (Å²) in [7, 11) is 0. The number of benzene rings is 9. The zero-order valence-electron chi connectivity index (χ0n) is 25.1. The maximum Gasteiger partial charge on any atom is -0.00201 e. The third-order valence-corrected chi connectivity index (χ3v) is 9.63. The molecule has 0 aliphatic carbocycles. The normalized spacial score (nSPS) is 11.7. The molecule has 9 aromatic carbocycles.